The van der Waals surface area contributed by atoms with E-state index < -0.39 is 15.8 Å². The van der Waals surface area contributed by atoms with Gasteiger partial charge in [-0.05, 0) is 36.2 Å². The second-order valence-electron chi connectivity index (χ2n) is 7.68. The number of sulfonamides is 1. The van der Waals surface area contributed by atoms with Crippen LogP contribution in [0.25, 0.3) is 0 Å². The van der Waals surface area contributed by atoms with Gasteiger partial charge in [-0.3, -0.25) is 13.9 Å². The summed E-state index contributed by atoms with van der Waals surface area (Å²) in [6, 6.07) is 13.9. The largest absolute Gasteiger partial charge is 0.311 e. The van der Waals surface area contributed by atoms with Crippen LogP contribution in [0.4, 0.5) is 11.5 Å². The predicted molar refractivity (Wildman–Crippen MR) is 127 cm³/mol. The summed E-state index contributed by atoms with van der Waals surface area (Å²) in [6.45, 7) is 5.16. The highest BCUT2D eigenvalue weighted by Crippen LogP contribution is 2.31. The Morgan fingerprint density at radius 3 is 2.42 bits per heavy atom. The minimum absolute atomic E-state index is 0.000992. The summed E-state index contributed by atoms with van der Waals surface area (Å²) >= 11 is 6.17. The Morgan fingerprint density at radius 2 is 1.79 bits per heavy atom. The van der Waals surface area contributed by atoms with Crippen molar-refractivity contribution in [1.82, 2.24) is 9.97 Å². The van der Waals surface area contributed by atoms with Gasteiger partial charge in [0.25, 0.3) is 10.0 Å². The van der Waals surface area contributed by atoms with Crippen molar-refractivity contribution in [1.29, 1.82) is 0 Å². The number of hydrogen-bond acceptors (Lipinski definition) is 6. The van der Waals surface area contributed by atoms with Crippen LogP contribution < -0.4 is 9.62 Å². The van der Waals surface area contributed by atoms with Gasteiger partial charge in [-0.15, -0.1) is 0 Å². The van der Waals surface area contributed by atoms with Gasteiger partial charge in [-0.1, -0.05) is 49.7 Å². The first-order chi connectivity index (χ1) is 15.6. The number of nitrogens with one attached hydrogen (secondary N) is 1. The zero-order valence-electron chi connectivity index (χ0n) is 18.3. The molecule has 0 aliphatic heterocycles. The van der Waals surface area contributed by atoms with Crippen molar-refractivity contribution in [2.24, 2.45) is 5.92 Å². The molecule has 0 bridgehead atoms. The molecule has 0 radical (unpaired) electrons. The third kappa shape index (κ3) is 5.74. The van der Waals surface area contributed by atoms with Gasteiger partial charge in [0.15, 0.2) is 0 Å². The molecule has 1 amide bonds. The van der Waals surface area contributed by atoms with Crippen molar-refractivity contribution >= 4 is 44.8 Å². The maximum absolute atomic E-state index is 13.5. The van der Waals surface area contributed by atoms with E-state index >= 15 is 0 Å². The molecule has 0 saturated heterocycles. The highest BCUT2D eigenvalue weighted by atomic mass is 35.5. The highest BCUT2D eigenvalue weighted by molar-refractivity contribution is 7.92. The van der Waals surface area contributed by atoms with Crippen LogP contribution in [0.1, 0.15) is 37.0 Å². The first-order valence-electron chi connectivity index (χ1n) is 10.1. The maximum Gasteiger partial charge on any atom is 0.264 e. The number of pyridine rings is 2. The van der Waals surface area contributed by atoms with Gasteiger partial charge in [0, 0.05) is 19.7 Å². The zero-order valence-corrected chi connectivity index (χ0v) is 19.9. The molecule has 2 heterocycles. The Bertz CT molecular complexity index is 1280. The minimum atomic E-state index is -4.02. The molecule has 8 nitrogen and oxygen atoms in total. The van der Waals surface area contributed by atoms with Crippen LogP contribution >= 0.6 is 11.6 Å². The number of anilines is 2. The van der Waals surface area contributed by atoms with Gasteiger partial charge in [0.1, 0.15) is 17.2 Å². The highest BCUT2D eigenvalue weighted by Gasteiger charge is 2.30. The van der Waals surface area contributed by atoms with Crippen LogP contribution in [-0.2, 0) is 14.8 Å². The molecule has 33 heavy (non-hydrogen) atoms. The Hall–Kier alpha value is -3.30. The Kier molecular flexibility index (Phi) is 7.45. The molecule has 0 aliphatic carbocycles. The number of carbonyl (C=O) groups excluding carboxylic acids is 2. The molecular weight excluding hydrogens is 464 g/mol. The van der Waals surface area contributed by atoms with E-state index in [1.807, 2.05) is 13.8 Å². The summed E-state index contributed by atoms with van der Waals surface area (Å²) in [4.78, 5) is 33.1. The monoisotopic (exact) mass is 486 g/mol. The maximum atomic E-state index is 13.5. The van der Waals surface area contributed by atoms with Crippen LogP contribution in [0.15, 0.2) is 65.7 Å². The zero-order chi connectivity index (χ0) is 24.2. The summed E-state index contributed by atoms with van der Waals surface area (Å²) in [5.41, 5.74) is -0.0669. The third-order valence-corrected chi connectivity index (χ3v) is 6.47. The van der Waals surface area contributed by atoms with E-state index in [0.29, 0.717) is 0 Å². The summed E-state index contributed by atoms with van der Waals surface area (Å²) < 4.78 is 28.2. The van der Waals surface area contributed by atoms with Gasteiger partial charge >= 0.3 is 0 Å². The standard InChI is InChI=1S/C23H23ClN4O4S/c1-15(2)14-28(33(31,32)18-8-5-4-6-9-18)20-12-17(24)13-25-22(20)23(30)19-10-7-11-21(27-19)26-16(3)29/h4-13,15H,14H2,1-3H3,(H,26,27,29). The van der Waals surface area contributed by atoms with E-state index in [1.54, 1.807) is 30.3 Å². The Balaban J connectivity index is 2.15. The van der Waals surface area contributed by atoms with Gasteiger partial charge in [-0.25, -0.2) is 18.4 Å². The third-order valence-electron chi connectivity index (χ3n) is 4.47. The molecule has 10 heteroatoms. The van der Waals surface area contributed by atoms with E-state index in [4.69, 9.17) is 11.6 Å². The normalized spacial score (nSPS) is 11.3. The lowest BCUT2D eigenvalue weighted by atomic mass is 10.1. The fraction of sp³-hybridized carbons (Fsp3) is 0.217. The molecule has 0 spiro atoms. The number of halogens is 1. The molecule has 2 aromatic heterocycles. The van der Waals surface area contributed by atoms with Crippen molar-refractivity contribution in [3.05, 3.63) is 77.2 Å². The van der Waals surface area contributed by atoms with Crippen LogP contribution in [0.3, 0.4) is 0 Å². The van der Waals surface area contributed by atoms with Crippen LogP contribution in [0.2, 0.25) is 5.02 Å². The summed E-state index contributed by atoms with van der Waals surface area (Å²) in [7, 11) is -4.02. The van der Waals surface area contributed by atoms with E-state index in [1.165, 1.54) is 37.4 Å². The van der Waals surface area contributed by atoms with E-state index in [9.17, 15) is 18.0 Å². The minimum Gasteiger partial charge on any atom is -0.311 e. The summed E-state index contributed by atoms with van der Waals surface area (Å²) in [6.07, 6.45) is 1.28. The number of hydrogen-bond donors (Lipinski definition) is 1. The number of ketones is 1. The number of benzene rings is 1. The Morgan fingerprint density at radius 1 is 1.09 bits per heavy atom. The molecule has 1 N–H and O–H groups in total. The number of carbonyl (C=O) groups is 2. The molecule has 0 unspecified atom stereocenters. The van der Waals surface area contributed by atoms with Gasteiger partial charge in [0.2, 0.25) is 11.7 Å². The fourth-order valence-electron chi connectivity index (χ4n) is 3.10. The van der Waals surface area contributed by atoms with Crippen molar-refractivity contribution < 1.29 is 18.0 Å². The van der Waals surface area contributed by atoms with Crippen molar-refractivity contribution in [3.63, 3.8) is 0 Å². The van der Waals surface area contributed by atoms with Crippen molar-refractivity contribution in [2.75, 3.05) is 16.2 Å². The molecular formula is C23H23ClN4O4S. The van der Waals surface area contributed by atoms with Crippen molar-refractivity contribution in [3.8, 4) is 0 Å². The lowest BCUT2D eigenvalue weighted by Gasteiger charge is -2.27. The first-order valence-corrected chi connectivity index (χ1v) is 11.9. The summed E-state index contributed by atoms with van der Waals surface area (Å²) in [5.74, 6) is -0.813. The smallest absolute Gasteiger partial charge is 0.264 e. The average Bonchev–Trinajstić information content (AvgIpc) is 2.77. The van der Waals surface area contributed by atoms with Crippen LogP contribution in [0, 0.1) is 5.92 Å². The SMILES string of the molecule is CC(=O)Nc1cccc(C(=O)c2ncc(Cl)cc2N(CC(C)C)S(=O)(=O)c2ccccc2)n1. The fourth-order valence-corrected chi connectivity index (χ4v) is 4.90. The quantitative estimate of drug-likeness (QED) is 0.478. The molecule has 1 aromatic carbocycles. The molecule has 0 atom stereocenters. The first kappa shape index (κ1) is 24.3. The second kappa shape index (κ2) is 10.1. The molecule has 172 valence electrons. The van der Waals surface area contributed by atoms with Gasteiger partial charge < -0.3 is 5.32 Å². The van der Waals surface area contributed by atoms with Gasteiger partial charge in [0.05, 0.1) is 15.6 Å². The van der Waals surface area contributed by atoms with E-state index in [-0.39, 0.29) is 51.2 Å². The molecule has 0 saturated carbocycles. The molecule has 0 fully saturated rings. The predicted octanol–water partition coefficient (Wildman–Crippen LogP) is 4.17. The lowest BCUT2D eigenvalue weighted by molar-refractivity contribution is -0.114. The molecule has 3 aromatic rings. The average molecular weight is 487 g/mol. The topological polar surface area (TPSA) is 109 Å². The number of rotatable bonds is 8. The summed E-state index contributed by atoms with van der Waals surface area (Å²) in [5, 5.41) is 2.70. The lowest BCUT2D eigenvalue weighted by Crippen LogP contribution is -2.35. The second-order valence-corrected chi connectivity index (χ2v) is 9.98. The van der Waals surface area contributed by atoms with Crippen LogP contribution in [-0.4, -0.2) is 36.6 Å². The number of amides is 1. The number of nitrogens with zero attached hydrogens (tertiary/aromatic N) is 3. The Labute approximate surface area is 197 Å². The van der Waals surface area contributed by atoms with E-state index in [0.717, 1.165) is 4.31 Å². The molecule has 0 aliphatic rings. The van der Waals surface area contributed by atoms with Crippen LogP contribution in [0.5, 0.6) is 0 Å². The van der Waals surface area contributed by atoms with E-state index in [2.05, 4.69) is 15.3 Å². The van der Waals surface area contributed by atoms with Crippen molar-refractivity contribution in [2.45, 2.75) is 25.7 Å². The molecule has 3 rings (SSSR count). The number of aromatic nitrogens is 2. The van der Waals surface area contributed by atoms with Gasteiger partial charge in [-0.2, -0.15) is 0 Å².